The Morgan fingerprint density at radius 1 is 1.45 bits per heavy atom. The van der Waals surface area contributed by atoms with Crippen LogP contribution in [0.15, 0.2) is 18.2 Å². The van der Waals surface area contributed by atoms with E-state index in [4.69, 9.17) is 21.0 Å². The predicted octanol–water partition coefficient (Wildman–Crippen LogP) is 1.86. The average molecular weight is 277 g/mol. The molecular weight excluding hydrogens is 258 g/mol. The van der Waals surface area contributed by atoms with E-state index in [1.165, 1.54) is 0 Å². The number of aliphatic carboxylic acids is 1. The number of anilines is 1. The highest BCUT2D eigenvalue weighted by Gasteiger charge is 2.19. The van der Waals surface area contributed by atoms with Crippen molar-refractivity contribution in [1.29, 1.82) is 0 Å². The first-order chi connectivity index (χ1) is 9.53. The maximum absolute atomic E-state index is 11.0. The fourth-order valence-corrected chi connectivity index (χ4v) is 1.81. The van der Waals surface area contributed by atoms with E-state index >= 15 is 0 Å². The molecule has 0 fully saturated rings. The third-order valence-electron chi connectivity index (χ3n) is 2.93. The maximum Gasteiger partial charge on any atom is 0.308 e. The van der Waals surface area contributed by atoms with Crippen LogP contribution in [0.1, 0.15) is 6.92 Å². The molecule has 1 atom stereocenters. The van der Waals surface area contributed by atoms with Crippen molar-refractivity contribution in [2.45, 2.75) is 6.92 Å². The van der Waals surface area contributed by atoms with Crippen molar-refractivity contribution in [3.8, 4) is 23.8 Å². The quantitative estimate of drug-likeness (QED) is 0.771. The molecule has 1 aromatic carbocycles. The fourth-order valence-electron chi connectivity index (χ4n) is 1.81. The summed E-state index contributed by atoms with van der Waals surface area (Å²) in [6.45, 7) is 2.25. The summed E-state index contributed by atoms with van der Waals surface area (Å²) in [4.78, 5) is 12.8. The van der Waals surface area contributed by atoms with Crippen LogP contribution in [0.25, 0.3) is 0 Å². The van der Waals surface area contributed by atoms with E-state index in [0.29, 0.717) is 24.6 Å². The van der Waals surface area contributed by atoms with E-state index in [9.17, 15) is 4.79 Å². The largest absolute Gasteiger partial charge is 0.497 e. The van der Waals surface area contributed by atoms with Crippen LogP contribution in [0.5, 0.6) is 11.5 Å². The normalized spacial score (nSPS) is 11.3. The first-order valence-electron chi connectivity index (χ1n) is 6.16. The van der Waals surface area contributed by atoms with Gasteiger partial charge in [0.1, 0.15) is 11.5 Å². The van der Waals surface area contributed by atoms with Crippen LogP contribution in [0, 0.1) is 18.3 Å². The molecule has 0 spiro atoms. The number of nitrogens with zero attached hydrogens (tertiary/aromatic N) is 1. The SMILES string of the molecule is C#CCN(CC(C)C(=O)O)c1ccc(OC)cc1OC. The number of hydrogen-bond donors (Lipinski definition) is 1. The number of benzene rings is 1. The van der Waals surface area contributed by atoms with Crippen LogP contribution in [0.3, 0.4) is 0 Å². The van der Waals surface area contributed by atoms with Gasteiger partial charge in [-0.3, -0.25) is 4.79 Å². The number of carboxylic acids is 1. The zero-order valence-corrected chi connectivity index (χ0v) is 11.9. The molecule has 0 bridgehead atoms. The Hall–Kier alpha value is -2.35. The van der Waals surface area contributed by atoms with Crippen molar-refractivity contribution in [2.24, 2.45) is 5.92 Å². The minimum Gasteiger partial charge on any atom is -0.497 e. The molecule has 0 radical (unpaired) electrons. The lowest BCUT2D eigenvalue weighted by Crippen LogP contribution is -2.32. The number of carbonyl (C=O) groups is 1. The van der Waals surface area contributed by atoms with Gasteiger partial charge in [-0.25, -0.2) is 0 Å². The third-order valence-corrected chi connectivity index (χ3v) is 2.93. The predicted molar refractivity (Wildman–Crippen MR) is 77.4 cm³/mol. The highest BCUT2D eigenvalue weighted by molar-refractivity contribution is 5.71. The summed E-state index contributed by atoms with van der Waals surface area (Å²) in [5.74, 6) is 2.40. The fraction of sp³-hybridized carbons (Fsp3) is 0.400. The number of methoxy groups -OCH3 is 2. The lowest BCUT2D eigenvalue weighted by Gasteiger charge is -2.26. The van der Waals surface area contributed by atoms with Crippen LogP contribution in [-0.4, -0.2) is 38.4 Å². The van der Waals surface area contributed by atoms with E-state index < -0.39 is 11.9 Å². The molecule has 0 saturated heterocycles. The number of terminal acetylenes is 1. The van der Waals surface area contributed by atoms with E-state index in [2.05, 4.69) is 5.92 Å². The lowest BCUT2D eigenvalue weighted by molar-refractivity contribution is -0.140. The van der Waals surface area contributed by atoms with Crippen LogP contribution >= 0.6 is 0 Å². The second-order valence-corrected chi connectivity index (χ2v) is 4.36. The Morgan fingerprint density at radius 3 is 2.65 bits per heavy atom. The Labute approximate surface area is 119 Å². The van der Waals surface area contributed by atoms with Gasteiger partial charge in [0.2, 0.25) is 0 Å². The molecule has 0 aliphatic rings. The molecular formula is C15H19NO4. The van der Waals surface area contributed by atoms with E-state index in [1.807, 2.05) is 6.07 Å². The number of hydrogen-bond acceptors (Lipinski definition) is 4. The van der Waals surface area contributed by atoms with Gasteiger partial charge in [0.15, 0.2) is 0 Å². The minimum absolute atomic E-state index is 0.306. The molecule has 1 rings (SSSR count). The monoisotopic (exact) mass is 277 g/mol. The Bertz CT molecular complexity index is 507. The van der Waals surface area contributed by atoms with Crippen molar-refractivity contribution in [2.75, 3.05) is 32.2 Å². The molecule has 0 aliphatic carbocycles. The number of carboxylic acid groups (broad SMARTS) is 1. The first kappa shape index (κ1) is 15.7. The van der Waals surface area contributed by atoms with E-state index in [0.717, 1.165) is 5.69 Å². The smallest absolute Gasteiger partial charge is 0.308 e. The van der Waals surface area contributed by atoms with Gasteiger partial charge in [-0.1, -0.05) is 12.8 Å². The highest BCUT2D eigenvalue weighted by Crippen LogP contribution is 2.32. The first-order valence-corrected chi connectivity index (χ1v) is 6.16. The summed E-state index contributed by atoms with van der Waals surface area (Å²) < 4.78 is 10.5. The molecule has 5 nitrogen and oxygen atoms in total. The van der Waals surface area contributed by atoms with Gasteiger partial charge in [-0.05, 0) is 12.1 Å². The van der Waals surface area contributed by atoms with E-state index in [1.54, 1.807) is 38.2 Å². The van der Waals surface area contributed by atoms with Crippen LogP contribution in [0.4, 0.5) is 5.69 Å². The summed E-state index contributed by atoms with van der Waals surface area (Å²) in [5, 5.41) is 9.03. The maximum atomic E-state index is 11.0. The van der Waals surface area contributed by atoms with E-state index in [-0.39, 0.29) is 0 Å². The molecule has 5 heteroatoms. The van der Waals surface area contributed by atoms with Gasteiger partial charge in [-0.2, -0.15) is 0 Å². The van der Waals surface area contributed by atoms with Gasteiger partial charge in [0.25, 0.3) is 0 Å². The van der Waals surface area contributed by atoms with Gasteiger partial charge in [-0.15, -0.1) is 6.42 Å². The second kappa shape index (κ2) is 7.29. The molecule has 20 heavy (non-hydrogen) atoms. The number of rotatable bonds is 7. The molecule has 1 unspecified atom stereocenters. The summed E-state index contributed by atoms with van der Waals surface area (Å²) in [6.07, 6.45) is 5.36. The van der Waals surface area contributed by atoms with Gasteiger partial charge < -0.3 is 19.5 Å². The Kier molecular flexibility index (Phi) is 5.73. The molecule has 108 valence electrons. The molecule has 0 amide bonds. The summed E-state index contributed by atoms with van der Waals surface area (Å²) in [6, 6.07) is 5.33. The summed E-state index contributed by atoms with van der Waals surface area (Å²) >= 11 is 0. The molecule has 0 aliphatic heterocycles. The summed E-state index contributed by atoms with van der Waals surface area (Å²) in [5.41, 5.74) is 0.749. The van der Waals surface area contributed by atoms with Crippen LogP contribution in [-0.2, 0) is 4.79 Å². The Balaban J connectivity index is 3.08. The molecule has 0 saturated carbocycles. The zero-order chi connectivity index (χ0) is 15.1. The zero-order valence-electron chi connectivity index (χ0n) is 11.9. The molecule has 1 aromatic rings. The van der Waals surface area contributed by atoms with Gasteiger partial charge in [0.05, 0.1) is 32.4 Å². The van der Waals surface area contributed by atoms with Gasteiger partial charge in [0, 0.05) is 12.6 Å². The van der Waals surface area contributed by atoms with Crippen molar-refractivity contribution >= 4 is 11.7 Å². The van der Waals surface area contributed by atoms with Crippen molar-refractivity contribution < 1.29 is 19.4 Å². The van der Waals surface area contributed by atoms with Crippen LogP contribution in [0.2, 0.25) is 0 Å². The number of ether oxygens (including phenoxy) is 2. The lowest BCUT2D eigenvalue weighted by atomic mass is 10.1. The third kappa shape index (κ3) is 3.82. The topological polar surface area (TPSA) is 59.0 Å². The standard InChI is InChI=1S/C15H19NO4/c1-5-8-16(10-11(2)15(17)18)13-7-6-12(19-3)9-14(13)20-4/h1,6-7,9,11H,8,10H2,2-4H3,(H,17,18). The highest BCUT2D eigenvalue weighted by atomic mass is 16.5. The minimum atomic E-state index is -0.862. The van der Waals surface area contributed by atoms with Crippen molar-refractivity contribution in [3.63, 3.8) is 0 Å². The molecule has 1 N–H and O–H groups in total. The average Bonchev–Trinajstić information content (AvgIpc) is 2.45. The molecule has 0 aromatic heterocycles. The summed E-state index contributed by atoms with van der Waals surface area (Å²) in [7, 11) is 3.12. The van der Waals surface area contributed by atoms with Crippen molar-refractivity contribution in [3.05, 3.63) is 18.2 Å². The van der Waals surface area contributed by atoms with Crippen LogP contribution < -0.4 is 14.4 Å². The van der Waals surface area contributed by atoms with Crippen molar-refractivity contribution in [1.82, 2.24) is 0 Å². The second-order valence-electron chi connectivity index (χ2n) is 4.36. The molecule has 0 heterocycles. The Morgan fingerprint density at radius 2 is 2.15 bits per heavy atom. The van der Waals surface area contributed by atoms with Gasteiger partial charge >= 0.3 is 5.97 Å².